The number of aromatic nitrogens is 2. The Kier molecular flexibility index (Phi) is 8.94. The number of hydrogen-bond donors (Lipinski definition) is 1. The highest BCUT2D eigenvalue weighted by Crippen LogP contribution is 2.26. The maximum atomic E-state index is 13.3. The van der Waals surface area contributed by atoms with Gasteiger partial charge in [-0.2, -0.15) is 0 Å². The summed E-state index contributed by atoms with van der Waals surface area (Å²) in [6.45, 7) is 3.02. The summed E-state index contributed by atoms with van der Waals surface area (Å²) in [7, 11) is 3.88. The summed E-state index contributed by atoms with van der Waals surface area (Å²) in [4.78, 5) is 34.7. The van der Waals surface area contributed by atoms with Crippen molar-refractivity contribution < 1.29 is 9.59 Å². The largest absolute Gasteiger partial charge is 0.332 e. The van der Waals surface area contributed by atoms with Crippen molar-refractivity contribution in [2.24, 2.45) is 0 Å². The molecule has 0 bridgehead atoms. The van der Waals surface area contributed by atoms with Crippen LogP contribution in [0.1, 0.15) is 11.1 Å². The van der Waals surface area contributed by atoms with E-state index in [0.717, 1.165) is 22.4 Å². The highest BCUT2D eigenvalue weighted by molar-refractivity contribution is 6.30. The van der Waals surface area contributed by atoms with Crippen molar-refractivity contribution in [3.63, 3.8) is 0 Å². The molecule has 196 valence electrons. The first-order valence-corrected chi connectivity index (χ1v) is 12.8. The number of likely N-dealkylation sites (N-methyl/N-ethyl adjacent to an activating group) is 1. The molecule has 1 heterocycles. The lowest BCUT2D eigenvalue weighted by molar-refractivity contribution is -0.134. The zero-order valence-electron chi connectivity index (χ0n) is 21.9. The molecular formula is C30H32ClN5O2. The molecule has 1 N–H and O–H groups in total. The third-order valence-corrected chi connectivity index (χ3v) is 6.33. The van der Waals surface area contributed by atoms with Crippen LogP contribution in [-0.4, -0.2) is 64.9 Å². The lowest BCUT2D eigenvalue weighted by Crippen LogP contribution is -2.42. The van der Waals surface area contributed by atoms with Gasteiger partial charge in [0.2, 0.25) is 17.8 Å². The Morgan fingerprint density at radius 1 is 0.947 bits per heavy atom. The standard InChI is InChI=1S/C30H32ClN5O2/c1-22-8-7-11-26(18-22)36-20-27(24-12-14-25(31)15-13-24)32-30(36)33-28(37)21-35(17-16-34(2)3)29(38)19-23-9-5-4-6-10-23/h4-15,18,20H,16-17,19,21H2,1-3H3,(H,32,33,37). The fourth-order valence-corrected chi connectivity index (χ4v) is 4.16. The summed E-state index contributed by atoms with van der Waals surface area (Å²) in [5.41, 5.74) is 4.45. The van der Waals surface area contributed by atoms with E-state index in [4.69, 9.17) is 16.6 Å². The number of carbonyl (C=O) groups is 2. The Bertz CT molecular complexity index is 1380. The van der Waals surface area contributed by atoms with Gasteiger partial charge in [-0.25, -0.2) is 4.98 Å². The monoisotopic (exact) mass is 529 g/mol. The van der Waals surface area contributed by atoms with E-state index in [0.29, 0.717) is 29.8 Å². The number of nitrogens with zero attached hydrogens (tertiary/aromatic N) is 4. The van der Waals surface area contributed by atoms with Crippen molar-refractivity contribution in [2.75, 3.05) is 39.0 Å². The Labute approximate surface area is 228 Å². The normalized spacial score (nSPS) is 11.0. The summed E-state index contributed by atoms with van der Waals surface area (Å²) in [6.07, 6.45) is 2.12. The molecule has 1 aromatic heterocycles. The van der Waals surface area contributed by atoms with E-state index in [1.807, 2.05) is 116 Å². The molecule has 0 unspecified atom stereocenters. The van der Waals surface area contributed by atoms with Gasteiger partial charge in [0.25, 0.3) is 0 Å². The molecule has 4 aromatic rings. The van der Waals surface area contributed by atoms with Gasteiger partial charge in [0, 0.05) is 35.6 Å². The molecule has 0 saturated carbocycles. The molecule has 0 aliphatic heterocycles. The second kappa shape index (κ2) is 12.5. The molecule has 0 fully saturated rings. The van der Waals surface area contributed by atoms with Crippen LogP contribution in [0.25, 0.3) is 16.9 Å². The first-order valence-electron chi connectivity index (χ1n) is 12.5. The molecule has 3 aromatic carbocycles. The second-order valence-corrected chi connectivity index (χ2v) is 9.93. The van der Waals surface area contributed by atoms with E-state index in [9.17, 15) is 9.59 Å². The van der Waals surface area contributed by atoms with Crippen LogP contribution in [0, 0.1) is 6.92 Å². The first-order chi connectivity index (χ1) is 18.3. The van der Waals surface area contributed by atoms with Crippen molar-refractivity contribution in [3.05, 3.63) is 101 Å². The van der Waals surface area contributed by atoms with Gasteiger partial charge in [-0.1, -0.05) is 66.2 Å². The Morgan fingerprint density at radius 2 is 1.68 bits per heavy atom. The van der Waals surface area contributed by atoms with E-state index < -0.39 is 0 Å². The average Bonchev–Trinajstić information content (AvgIpc) is 3.31. The minimum absolute atomic E-state index is 0.0730. The number of rotatable bonds is 10. The number of anilines is 1. The van der Waals surface area contributed by atoms with E-state index in [-0.39, 0.29) is 24.8 Å². The Balaban J connectivity index is 1.58. The molecule has 4 rings (SSSR count). The number of aryl methyl sites for hydroxylation is 1. The van der Waals surface area contributed by atoms with Crippen molar-refractivity contribution in [1.82, 2.24) is 19.4 Å². The maximum Gasteiger partial charge on any atom is 0.246 e. The van der Waals surface area contributed by atoms with Gasteiger partial charge in [0.1, 0.15) is 0 Å². The van der Waals surface area contributed by atoms with E-state index in [1.54, 1.807) is 4.90 Å². The van der Waals surface area contributed by atoms with Crippen LogP contribution in [-0.2, 0) is 16.0 Å². The molecule has 2 amide bonds. The van der Waals surface area contributed by atoms with Crippen LogP contribution < -0.4 is 5.32 Å². The SMILES string of the molecule is Cc1cccc(-n2cc(-c3ccc(Cl)cc3)nc2NC(=O)CN(CCN(C)C)C(=O)Cc2ccccc2)c1. The Hall–Kier alpha value is -3.94. The van der Waals surface area contributed by atoms with Crippen LogP contribution >= 0.6 is 11.6 Å². The molecule has 0 radical (unpaired) electrons. The number of halogens is 1. The van der Waals surface area contributed by atoms with Gasteiger partial charge in [-0.05, 0) is 56.4 Å². The quantitative estimate of drug-likeness (QED) is 0.311. The number of nitrogens with one attached hydrogen (secondary N) is 1. The third kappa shape index (κ3) is 7.31. The molecule has 7 nitrogen and oxygen atoms in total. The average molecular weight is 530 g/mol. The van der Waals surface area contributed by atoms with Gasteiger partial charge in [-0.15, -0.1) is 0 Å². The minimum atomic E-state index is -0.313. The van der Waals surface area contributed by atoms with Crippen LogP contribution in [0.4, 0.5) is 5.95 Å². The summed E-state index contributed by atoms with van der Waals surface area (Å²) < 4.78 is 1.85. The van der Waals surface area contributed by atoms with Gasteiger partial charge in [0.05, 0.1) is 18.7 Å². The predicted octanol–water partition coefficient (Wildman–Crippen LogP) is 5.07. The predicted molar refractivity (Wildman–Crippen MR) is 153 cm³/mol. The highest BCUT2D eigenvalue weighted by Gasteiger charge is 2.20. The zero-order chi connectivity index (χ0) is 27.1. The first kappa shape index (κ1) is 27.1. The number of imidazole rings is 1. The van der Waals surface area contributed by atoms with Gasteiger partial charge in [-0.3, -0.25) is 19.5 Å². The van der Waals surface area contributed by atoms with Crippen molar-refractivity contribution in [2.45, 2.75) is 13.3 Å². The molecule has 0 aliphatic carbocycles. The van der Waals surface area contributed by atoms with Crippen LogP contribution in [0.15, 0.2) is 85.1 Å². The van der Waals surface area contributed by atoms with E-state index in [1.165, 1.54) is 0 Å². The van der Waals surface area contributed by atoms with Gasteiger partial charge in [0.15, 0.2) is 0 Å². The Morgan fingerprint density at radius 3 is 2.37 bits per heavy atom. The molecule has 0 spiro atoms. The fourth-order valence-electron chi connectivity index (χ4n) is 4.04. The third-order valence-electron chi connectivity index (χ3n) is 6.08. The number of hydrogen-bond acceptors (Lipinski definition) is 4. The van der Waals surface area contributed by atoms with E-state index >= 15 is 0 Å². The smallest absolute Gasteiger partial charge is 0.246 e. The molecular weight excluding hydrogens is 498 g/mol. The summed E-state index contributed by atoms with van der Waals surface area (Å²) >= 11 is 6.07. The fraction of sp³-hybridized carbons (Fsp3) is 0.233. The van der Waals surface area contributed by atoms with Gasteiger partial charge >= 0.3 is 0 Å². The molecule has 38 heavy (non-hydrogen) atoms. The topological polar surface area (TPSA) is 70.5 Å². The summed E-state index contributed by atoms with van der Waals surface area (Å²) in [6, 6.07) is 24.9. The molecule has 0 aliphatic rings. The number of benzene rings is 3. The van der Waals surface area contributed by atoms with E-state index in [2.05, 4.69) is 5.32 Å². The number of amides is 2. The minimum Gasteiger partial charge on any atom is -0.332 e. The van der Waals surface area contributed by atoms with Crippen molar-refractivity contribution >= 4 is 29.4 Å². The lowest BCUT2D eigenvalue weighted by Gasteiger charge is -2.24. The summed E-state index contributed by atoms with van der Waals surface area (Å²) in [5, 5.41) is 3.58. The van der Waals surface area contributed by atoms with Crippen molar-refractivity contribution in [1.29, 1.82) is 0 Å². The molecule has 0 saturated heterocycles. The van der Waals surface area contributed by atoms with Crippen molar-refractivity contribution in [3.8, 4) is 16.9 Å². The molecule has 0 atom stereocenters. The molecule has 8 heteroatoms. The zero-order valence-corrected chi connectivity index (χ0v) is 22.7. The number of carbonyl (C=O) groups excluding carboxylic acids is 2. The lowest BCUT2D eigenvalue weighted by atomic mass is 10.1. The second-order valence-electron chi connectivity index (χ2n) is 9.49. The van der Waals surface area contributed by atoms with Crippen LogP contribution in [0.2, 0.25) is 5.02 Å². The van der Waals surface area contributed by atoms with Crippen LogP contribution in [0.5, 0.6) is 0 Å². The van der Waals surface area contributed by atoms with Gasteiger partial charge < -0.3 is 9.80 Å². The maximum absolute atomic E-state index is 13.3. The van der Waals surface area contributed by atoms with Crippen LogP contribution in [0.3, 0.4) is 0 Å². The highest BCUT2D eigenvalue weighted by atomic mass is 35.5. The summed E-state index contributed by atoms with van der Waals surface area (Å²) in [5.74, 6) is -0.0296.